The van der Waals surface area contributed by atoms with Gasteiger partial charge in [-0.3, -0.25) is 4.98 Å². The summed E-state index contributed by atoms with van der Waals surface area (Å²) in [6.45, 7) is 2.07. The number of nitrogens with zero attached hydrogens (tertiary/aromatic N) is 2. The van der Waals surface area contributed by atoms with Crippen LogP contribution in [0.5, 0.6) is 0 Å². The lowest BCUT2D eigenvalue weighted by molar-refractivity contribution is 0.554. The summed E-state index contributed by atoms with van der Waals surface area (Å²) in [5, 5.41) is 4.52. The molecule has 1 saturated carbocycles. The zero-order valence-electron chi connectivity index (χ0n) is 12.0. The number of hydrogen-bond donors (Lipinski definition) is 1. The van der Waals surface area contributed by atoms with Crippen molar-refractivity contribution in [2.24, 2.45) is 5.92 Å². The van der Waals surface area contributed by atoms with E-state index in [9.17, 15) is 0 Å². The van der Waals surface area contributed by atoms with Gasteiger partial charge in [-0.1, -0.05) is 18.2 Å². The molecule has 0 amide bonds. The highest BCUT2D eigenvalue weighted by Gasteiger charge is 2.38. The number of para-hydroxylation sites is 1. The van der Waals surface area contributed by atoms with Crippen LogP contribution >= 0.6 is 0 Å². The van der Waals surface area contributed by atoms with Crippen molar-refractivity contribution in [1.82, 2.24) is 10.3 Å². The second kappa shape index (κ2) is 4.74. The third-order valence-electron chi connectivity index (χ3n) is 4.82. The first-order valence-electron chi connectivity index (χ1n) is 7.65. The van der Waals surface area contributed by atoms with Crippen molar-refractivity contribution in [3.63, 3.8) is 0 Å². The Morgan fingerprint density at radius 2 is 2.20 bits per heavy atom. The van der Waals surface area contributed by atoms with Gasteiger partial charge in [0, 0.05) is 30.2 Å². The van der Waals surface area contributed by atoms with E-state index in [0.717, 1.165) is 29.7 Å². The van der Waals surface area contributed by atoms with Gasteiger partial charge in [0.15, 0.2) is 0 Å². The topological polar surface area (TPSA) is 28.2 Å². The molecule has 2 heterocycles. The van der Waals surface area contributed by atoms with Crippen LogP contribution in [-0.4, -0.2) is 24.6 Å². The second-order valence-corrected chi connectivity index (χ2v) is 6.17. The lowest BCUT2D eigenvalue weighted by Crippen LogP contribution is -2.32. The van der Waals surface area contributed by atoms with E-state index < -0.39 is 0 Å². The Hall–Kier alpha value is -1.61. The Morgan fingerprint density at radius 3 is 2.95 bits per heavy atom. The average Bonchev–Trinajstić information content (AvgIpc) is 3.09. The Labute approximate surface area is 120 Å². The number of benzene rings is 1. The van der Waals surface area contributed by atoms with Crippen molar-refractivity contribution in [3.8, 4) is 0 Å². The highest BCUT2D eigenvalue weighted by atomic mass is 15.2. The fourth-order valence-corrected chi connectivity index (χ4v) is 3.94. The molecule has 1 aromatic heterocycles. The summed E-state index contributed by atoms with van der Waals surface area (Å²) in [7, 11) is 1.98. The third-order valence-corrected chi connectivity index (χ3v) is 4.82. The van der Waals surface area contributed by atoms with E-state index in [2.05, 4.69) is 40.5 Å². The molecule has 2 bridgehead atoms. The number of rotatable bonds is 3. The zero-order valence-corrected chi connectivity index (χ0v) is 12.0. The molecule has 1 aliphatic carbocycles. The second-order valence-electron chi connectivity index (χ2n) is 6.17. The maximum absolute atomic E-state index is 4.77. The number of anilines is 1. The summed E-state index contributed by atoms with van der Waals surface area (Å²) < 4.78 is 0. The Morgan fingerprint density at radius 1 is 1.30 bits per heavy atom. The molecule has 1 saturated heterocycles. The van der Waals surface area contributed by atoms with E-state index in [1.807, 2.05) is 7.05 Å². The molecule has 1 aromatic carbocycles. The monoisotopic (exact) mass is 267 g/mol. The van der Waals surface area contributed by atoms with Gasteiger partial charge in [-0.2, -0.15) is 0 Å². The van der Waals surface area contributed by atoms with Gasteiger partial charge in [-0.25, -0.2) is 0 Å². The van der Waals surface area contributed by atoms with Crippen molar-refractivity contribution in [2.45, 2.75) is 31.8 Å². The molecule has 3 nitrogen and oxygen atoms in total. The summed E-state index contributed by atoms with van der Waals surface area (Å²) in [4.78, 5) is 7.41. The maximum atomic E-state index is 4.77. The standard InChI is InChI=1S/C17H21N3/c1-18-10-13-9-17(15-4-2-3-5-16(15)19-13)20-11-12-6-7-14(20)8-12/h2-5,9,12,14,18H,6-8,10-11H2,1H3. The summed E-state index contributed by atoms with van der Waals surface area (Å²) in [5.41, 5.74) is 3.66. The van der Waals surface area contributed by atoms with Crippen LogP contribution in [0.2, 0.25) is 0 Å². The van der Waals surface area contributed by atoms with Crippen molar-refractivity contribution in [3.05, 3.63) is 36.0 Å². The van der Waals surface area contributed by atoms with Gasteiger partial charge in [0.25, 0.3) is 0 Å². The predicted molar refractivity (Wildman–Crippen MR) is 83.0 cm³/mol. The molecular formula is C17H21N3. The van der Waals surface area contributed by atoms with Crippen LogP contribution < -0.4 is 10.2 Å². The minimum absolute atomic E-state index is 0.758. The molecule has 20 heavy (non-hydrogen) atoms. The van der Waals surface area contributed by atoms with Crippen LogP contribution in [0, 0.1) is 5.92 Å². The van der Waals surface area contributed by atoms with E-state index in [4.69, 9.17) is 4.98 Å². The van der Waals surface area contributed by atoms with Crippen molar-refractivity contribution in [2.75, 3.05) is 18.5 Å². The van der Waals surface area contributed by atoms with E-state index in [0.29, 0.717) is 0 Å². The van der Waals surface area contributed by atoms with Gasteiger partial charge >= 0.3 is 0 Å². The number of piperidine rings is 1. The minimum atomic E-state index is 0.758. The average molecular weight is 267 g/mol. The quantitative estimate of drug-likeness (QED) is 0.926. The zero-order chi connectivity index (χ0) is 13.5. The first kappa shape index (κ1) is 12.2. The number of pyridine rings is 1. The summed E-state index contributed by atoms with van der Waals surface area (Å²) in [6.07, 6.45) is 4.17. The van der Waals surface area contributed by atoms with Crippen LogP contribution in [0.25, 0.3) is 10.9 Å². The molecule has 104 valence electrons. The molecule has 2 atom stereocenters. The molecule has 2 aromatic rings. The molecule has 2 fully saturated rings. The summed E-state index contributed by atoms with van der Waals surface area (Å²) in [6, 6.07) is 11.6. The summed E-state index contributed by atoms with van der Waals surface area (Å²) >= 11 is 0. The lowest BCUT2D eigenvalue weighted by atomic mass is 10.1. The van der Waals surface area contributed by atoms with Crippen molar-refractivity contribution >= 4 is 16.6 Å². The molecule has 1 N–H and O–H groups in total. The fraction of sp³-hybridized carbons (Fsp3) is 0.471. The highest BCUT2D eigenvalue weighted by Crippen LogP contribution is 2.42. The Kier molecular flexibility index (Phi) is 2.88. The van der Waals surface area contributed by atoms with Gasteiger partial charge in [0.2, 0.25) is 0 Å². The highest BCUT2D eigenvalue weighted by molar-refractivity contribution is 5.92. The van der Waals surface area contributed by atoms with Crippen molar-refractivity contribution < 1.29 is 0 Å². The van der Waals surface area contributed by atoms with Crippen molar-refractivity contribution in [1.29, 1.82) is 0 Å². The molecular weight excluding hydrogens is 246 g/mol. The SMILES string of the molecule is CNCc1cc(N2CC3CCC2C3)c2ccccc2n1. The van der Waals surface area contributed by atoms with Gasteiger partial charge in [0.05, 0.1) is 11.2 Å². The van der Waals surface area contributed by atoms with Gasteiger partial charge in [0.1, 0.15) is 0 Å². The number of fused-ring (bicyclic) bond motifs is 3. The molecule has 4 rings (SSSR count). The van der Waals surface area contributed by atoms with Gasteiger partial charge in [-0.05, 0) is 44.4 Å². The van der Waals surface area contributed by atoms with Crippen LogP contribution in [0.4, 0.5) is 5.69 Å². The van der Waals surface area contributed by atoms with Crippen LogP contribution in [0.1, 0.15) is 25.0 Å². The molecule has 3 heteroatoms. The van der Waals surface area contributed by atoms with E-state index >= 15 is 0 Å². The van der Waals surface area contributed by atoms with Crippen LogP contribution in [0.15, 0.2) is 30.3 Å². The van der Waals surface area contributed by atoms with Crippen LogP contribution in [0.3, 0.4) is 0 Å². The number of nitrogens with one attached hydrogen (secondary N) is 1. The Bertz CT molecular complexity index is 637. The number of hydrogen-bond acceptors (Lipinski definition) is 3. The summed E-state index contributed by atoms with van der Waals surface area (Å²) in [5.74, 6) is 0.916. The first-order chi connectivity index (χ1) is 9.85. The number of aromatic nitrogens is 1. The minimum Gasteiger partial charge on any atom is -0.368 e. The van der Waals surface area contributed by atoms with Gasteiger partial charge < -0.3 is 10.2 Å². The van der Waals surface area contributed by atoms with E-state index in [1.165, 1.54) is 36.9 Å². The molecule has 2 unspecified atom stereocenters. The lowest BCUT2D eigenvalue weighted by Gasteiger charge is -2.30. The molecule has 0 radical (unpaired) electrons. The van der Waals surface area contributed by atoms with Crippen LogP contribution in [-0.2, 0) is 6.54 Å². The van der Waals surface area contributed by atoms with E-state index in [1.54, 1.807) is 0 Å². The normalized spacial score (nSPS) is 24.8. The van der Waals surface area contributed by atoms with E-state index in [-0.39, 0.29) is 0 Å². The Balaban J connectivity index is 1.84. The maximum Gasteiger partial charge on any atom is 0.0726 e. The largest absolute Gasteiger partial charge is 0.368 e. The predicted octanol–water partition coefficient (Wildman–Crippen LogP) is 2.94. The van der Waals surface area contributed by atoms with Gasteiger partial charge in [-0.15, -0.1) is 0 Å². The molecule has 2 aliphatic rings. The molecule has 0 spiro atoms. The first-order valence-corrected chi connectivity index (χ1v) is 7.65. The molecule has 1 aliphatic heterocycles. The fourth-order valence-electron chi connectivity index (χ4n) is 3.94. The third kappa shape index (κ3) is 1.88. The smallest absolute Gasteiger partial charge is 0.0726 e.